The third-order valence-corrected chi connectivity index (χ3v) is 6.97. The number of carbonyl (C=O) groups is 1. The Morgan fingerprint density at radius 3 is 2.55 bits per heavy atom. The Bertz CT molecular complexity index is 1390. The molecule has 7 N–H and O–H groups in total. The molecule has 0 bridgehead atoms. The largest absolute Gasteiger partial charge is 0.493 e. The van der Waals surface area contributed by atoms with Gasteiger partial charge in [-0.15, -0.1) is 0 Å². The van der Waals surface area contributed by atoms with E-state index < -0.39 is 5.56 Å². The van der Waals surface area contributed by atoms with Crippen molar-refractivity contribution in [3.05, 3.63) is 70.1 Å². The van der Waals surface area contributed by atoms with Crippen molar-refractivity contribution in [3.8, 4) is 17.0 Å². The highest BCUT2D eigenvalue weighted by Gasteiger charge is 2.18. The molecule has 212 valence electrons. The third-order valence-electron chi connectivity index (χ3n) is 6.97. The van der Waals surface area contributed by atoms with E-state index in [0.29, 0.717) is 40.8 Å². The molecule has 2 aromatic carbocycles. The minimum Gasteiger partial charge on any atom is -0.493 e. The van der Waals surface area contributed by atoms with E-state index in [1.54, 1.807) is 42.6 Å². The molecule has 0 unspecified atom stereocenters. The molecule has 10 nitrogen and oxygen atoms in total. The average Bonchev–Trinajstić information content (AvgIpc) is 2.93. The smallest absolute Gasteiger partial charge is 0.294 e. The first-order valence-electron chi connectivity index (χ1n) is 13.8. The average molecular weight is 546 g/mol. The van der Waals surface area contributed by atoms with Crippen LogP contribution in [0.25, 0.3) is 11.3 Å². The number of nitrogen functional groups attached to an aromatic ring is 2. The van der Waals surface area contributed by atoms with Gasteiger partial charge in [0.2, 0.25) is 5.91 Å². The van der Waals surface area contributed by atoms with Gasteiger partial charge < -0.3 is 26.8 Å². The molecule has 3 aromatic rings. The Labute approximate surface area is 234 Å². The normalized spacial score (nSPS) is 13.7. The van der Waals surface area contributed by atoms with Crippen LogP contribution in [-0.2, 0) is 17.9 Å². The molecule has 4 rings (SSSR count). The lowest BCUT2D eigenvalue weighted by Crippen LogP contribution is -2.35. The van der Waals surface area contributed by atoms with Crippen molar-refractivity contribution >= 4 is 23.2 Å². The maximum Gasteiger partial charge on any atom is 0.294 e. The predicted octanol–water partition coefficient (Wildman–Crippen LogP) is 3.87. The highest BCUT2D eigenvalue weighted by Crippen LogP contribution is 2.29. The van der Waals surface area contributed by atoms with E-state index in [4.69, 9.17) is 21.6 Å². The highest BCUT2D eigenvalue weighted by atomic mass is 16.5. The fourth-order valence-electron chi connectivity index (χ4n) is 4.87. The molecule has 0 radical (unpaired) electrons. The Morgan fingerprint density at radius 2 is 1.88 bits per heavy atom. The number of rotatable bonds is 11. The topological polar surface area (TPSA) is 161 Å². The fourth-order valence-corrected chi connectivity index (χ4v) is 4.87. The molecule has 1 saturated carbocycles. The SMILES string of the molecule is CC(C)Nc1ncc(-c2cc(N)cc(OCC3CCCCC3)c2)n(CC(=O)NCc2ccc(C(=N)N)cc2)c1=O. The number of amides is 1. The summed E-state index contributed by atoms with van der Waals surface area (Å²) in [6.45, 7) is 4.51. The molecule has 10 heteroatoms. The molecular weight excluding hydrogens is 506 g/mol. The Balaban J connectivity index is 1.57. The van der Waals surface area contributed by atoms with Crippen molar-refractivity contribution in [2.24, 2.45) is 11.7 Å². The van der Waals surface area contributed by atoms with Crippen molar-refractivity contribution in [1.82, 2.24) is 14.9 Å². The van der Waals surface area contributed by atoms with Gasteiger partial charge in [0.05, 0.1) is 18.5 Å². The monoisotopic (exact) mass is 545 g/mol. The summed E-state index contributed by atoms with van der Waals surface area (Å²) in [6.07, 6.45) is 7.66. The summed E-state index contributed by atoms with van der Waals surface area (Å²) >= 11 is 0. The first-order chi connectivity index (χ1) is 19.2. The summed E-state index contributed by atoms with van der Waals surface area (Å²) in [4.78, 5) is 30.9. The minimum absolute atomic E-state index is 0.0153. The maximum absolute atomic E-state index is 13.5. The Hall–Kier alpha value is -4.34. The van der Waals surface area contributed by atoms with Crippen molar-refractivity contribution in [2.45, 2.75) is 65.1 Å². The van der Waals surface area contributed by atoms with Crippen LogP contribution in [-0.4, -0.2) is 33.9 Å². The first kappa shape index (κ1) is 28.7. The lowest BCUT2D eigenvalue weighted by Gasteiger charge is -2.22. The van der Waals surface area contributed by atoms with Crippen LogP contribution in [0.4, 0.5) is 11.5 Å². The number of ether oxygens (including phenoxy) is 1. The number of anilines is 2. The number of benzene rings is 2. The second kappa shape index (κ2) is 13.1. The summed E-state index contributed by atoms with van der Waals surface area (Å²) < 4.78 is 7.53. The summed E-state index contributed by atoms with van der Waals surface area (Å²) in [7, 11) is 0. The zero-order chi connectivity index (χ0) is 28.6. The molecule has 0 spiro atoms. The van der Waals surface area contributed by atoms with Gasteiger partial charge in [-0.05, 0) is 50.3 Å². The van der Waals surface area contributed by atoms with Crippen LogP contribution < -0.4 is 32.4 Å². The maximum atomic E-state index is 13.5. The molecule has 1 aliphatic carbocycles. The molecule has 0 aliphatic heterocycles. The number of amidine groups is 1. The van der Waals surface area contributed by atoms with Gasteiger partial charge in [-0.1, -0.05) is 43.5 Å². The number of nitrogens with one attached hydrogen (secondary N) is 3. The van der Waals surface area contributed by atoms with Crippen LogP contribution in [0, 0.1) is 11.3 Å². The zero-order valence-electron chi connectivity index (χ0n) is 23.2. The summed E-state index contributed by atoms with van der Waals surface area (Å²) in [5.74, 6) is 0.974. The van der Waals surface area contributed by atoms with E-state index in [1.165, 1.54) is 36.7 Å². The molecule has 1 aliphatic rings. The molecule has 0 atom stereocenters. The van der Waals surface area contributed by atoms with Gasteiger partial charge in [-0.3, -0.25) is 19.6 Å². The summed E-state index contributed by atoms with van der Waals surface area (Å²) in [5, 5.41) is 13.4. The molecule has 0 saturated heterocycles. The van der Waals surface area contributed by atoms with Gasteiger partial charge in [0.25, 0.3) is 5.56 Å². The van der Waals surface area contributed by atoms with E-state index in [1.807, 2.05) is 19.9 Å². The number of nitrogens with zero attached hydrogens (tertiary/aromatic N) is 2. The highest BCUT2D eigenvalue weighted by molar-refractivity contribution is 5.94. The van der Waals surface area contributed by atoms with Gasteiger partial charge in [0.1, 0.15) is 18.1 Å². The second-order valence-electron chi connectivity index (χ2n) is 10.7. The van der Waals surface area contributed by atoms with Crippen LogP contribution in [0.1, 0.15) is 57.1 Å². The number of aromatic nitrogens is 2. The number of hydrogen-bond acceptors (Lipinski definition) is 7. The zero-order valence-corrected chi connectivity index (χ0v) is 23.2. The van der Waals surface area contributed by atoms with Crippen LogP contribution in [0.2, 0.25) is 0 Å². The van der Waals surface area contributed by atoms with Crippen molar-refractivity contribution < 1.29 is 9.53 Å². The Morgan fingerprint density at radius 1 is 1.15 bits per heavy atom. The van der Waals surface area contributed by atoms with Gasteiger partial charge in [0, 0.05) is 35.5 Å². The predicted molar refractivity (Wildman–Crippen MR) is 158 cm³/mol. The minimum atomic E-state index is -0.403. The lowest BCUT2D eigenvalue weighted by atomic mass is 9.90. The molecule has 40 heavy (non-hydrogen) atoms. The van der Waals surface area contributed by atoms with E-state index in [9.17, 15) is 9.59 Å². The van der Waals surface area contributed by atoms with E-state index in [2.05, 4.69) is 15.6 Å². The number of carbonyl (C=O) groups excluding carboxylic acids is 1. The third kappa shape index (κ3) is 7.62. The van der Waals surface area contributed by atoms with Crippen molar-refractivity contribution in [2.75, 3.05) is 17.7 Å². The van der Waals surface area contributed by atoms with Crippen LogP contribution >= 0.6 is 0 Å². The van der Waals surface area contributed by atoms with Crippen LogP contribution in [0.5, 0.6) is 5.75 Å². The number of hydrogen-bond donors (Lipinski definition) is 5. The van der Waals surface area contributed by atoms with Crippen LogP contribution in [0.15, 0.2) is 53.5 Å². The second-order valence-corrected chi connectivity index (χ2v) is 10.7. The summed E-state index contributed by atoms with van der Waals surface area (Å²) in [5.41, 5.74) is 14.4. The molecular formula is C30H39N7O3. The first-order valence-corrected chi connectivity index (χ1v) is 13.8. The van der Waals surface area contributed by atoms with Gasteiger partial charge in [-0.25, -0.2) is 4.98 Å². The number of nitrogens with two attached hydrogens (primary N) is 2. The van der Waals surface area contributed by atoms with Gasteiger partial charge in [0.15, 0.2) is 5.82 Å². The fraction of sp³-hybridized carbons (Fsp3) is 0.400. The van der Waals surface area contributed by atoms with E-state index >= 15 is 0 Å². The molecule has 1 fully saturated rings. The van der Waals surface area contributed by atoms with Crippen molar-refractivity contribution in [3.63, 3.8) is 0 Å². The van der Waals surface area contributed by atoms with Crippen molar-refractivity contribution in [1.29, 1.82) is 5.41 Å². The molecule has 1 amide bonds. The van der Waals surface area contributed by atoms with E-state index in [-0.39, 0.29) is 36.7 Å². The lowest BCUT2D eigenvalue weighted by molar-refractivity contribution is -0.121. The van der Waals surface area contributed by atoms with E-state index in [0.717, 1.165) is 5.56 Å². The molecule has 1 aromatic heterocycles. The van der Waals surface area contributed by atoms with Crippen LogP contribution in [0.3, 0.4) is 0 Å². The van der Waals surface area contributed by atoms with Gasteiger partial charge in [-0.2, -0.15) is 0 Å². The Kier molecular flexibility index (Phi) is 9.42. The standard InChI is InChI=1S/C30H39N7O3/c1-19(2)36-29-30(39)37(17-27(38)34-15-20-8-10-22(11-9-20)28(32)33)26(16-35-29)23-12-24(31)14-25(13-23)40-18-21-6-4-3-5-7-21/h8-14,16,19,21H,3-7,15,17-18,31H2,1-2H3,(H3,32,33)(H,34,38)(H,35,36). The van der Waals surface area contributed by atoms with Gasteiger partial charge >= 0.3 is 0 Å². The molecule has 1 heterocycles. The summed E-state index contributed by atoms with van der Waals surface area (Å²) in [6, 6.07) is 12.4. The quantitative estimate of drug-likeness (QED) is 0.139.